The van der Waals surface area contributed by atoms with Crippen molar-refractivity contribution in [3.8, 4) is 0 Å². The van der Waals surface area contributed by atoms with Gasteiger partial charge in [0.05, 0.1) is 0 Å². The average Bonchev–Trinajstić information content (AvgIpc) is 3.26. The van der Waals surface area contributed by atoms with Crippen LogP contribution in [0.4, 0.5) is 0 Å². The zero-order valence-corrected chi connectivity index (χ0v) is 17.2. The first-order valence-corrected chi connectivity index (χ1v) is 10.3. The SMILES string of the molecule is CCC(C)C(NC(=O)c1ccc(Cl)cc1)C(=O)N1CCC(n2cccc2)CC1. The Morgan fingerprint density at radius 3 is 2.32 bits per heavy atom. The van der Waals surface area contributed by atoms with Crippen LogP contribution in [0.1, 0.15) is 49.5 Å². The van der Waals surface area contributed by atoms with Crippen molar-refractivity contribution in [2.75, 3.05) is 13.1 Å². The third-order valence-electron chi connectivity index (χ3n) is 5.70. The Balaban J connectivity index is 1.65. The van der Waals surface area contributed by atoms with Gasteiger partial charge in [-0.3, -0.25) is 9.59 Å². The number of rotatable bonds is 6. The van der Waals surface area contributed by atoms with E-state index in [1.807, 2.05) is 30.9 Å². The highest BCUT2D eigenvalue weighted by Gasteiger charge is 2.32. The number of carbonyl (C=O) groups excluding carboxylic acids is 2. The van der Waals surface area contributed by atoms with E-state index in [0.717, 1.165) is 19.3 Å². The second-order valence-electron chi connectivity index (χ2n) is 7.53. The summed E-state index contributed by atoms with van der Waals surface area (Å²) < 4.78 is 2.22. The molecule has 2 atom stereocenters. The Morgan fingerprint density at radius 1 is 1.14 bits per heavy atom. The smallest absolute Gasteiger partial charge is 0.251 e. The number of hydrogen-bond donors (Lipinski definition) is 1. The minimum absolute atomic E-state index is 0.0163. The molecule has 1 aromatic heterocycles. The van der Waals surface area contributed by atoms with E-state index in [2.05, 4.69) is 22.3 Å². The number of aromatic nitrogens is 1. The van der Waals surface area contributed by atoms with Crippen LogP contribution in [0.2, 0.25) is 5.02 Å². The molecule has 28 heavy (non-hydrogen) atoms. The van der Waals surface area contributed by atoms with Crippen molar-refractivity contribution < 1.29 is 9.59 Å². The van der Waals surface area contributed by atoms with Crippen molar-refractivity contribution >= 4 is 23.4 Å². The van der Waals surface area contributed by atoms with Crippen molar-refractivity contribution in [1.29, 1.82) is 0 Å². The molecular formula is C22H28ClN3O2. The van der Waals surface area contributed by atoms with Crippen LogP contribution in [-0.2, 0) is 4.79 Å². The summed E-state index contributed by atoms with van der Waals surface area (Å²) in [6.45, 7) is 5.48. The fraction of sp³-hybridized carbons (Fsp3) is 0.455. The maximum atomic E-state index is 13.2. The maximum Gasteiger partial charge on any atom is 0.251 e. The van der Waals surface area contributed by atoms with Gasteiger partial charge in [0.15, 0.2) is 0 Å². The maximum absolute atomic E-state index is 13.2. The van der Waals surface area contributed by atoms with E-state index in [1.165, 1.54) is 0 Å². The first-order valence-electron chi connectivity index (χ1n) is 9.97. The summed E-state index contributed by atoms with van der Waals surface area (Å²) in [6, 6.07) is 10.7. The van der Waals surface area contributed by atoms with Gasteiger partial charge in [-0.15, -0.1) is 0 Å². The average molecular weight is 402 g/mol. The van der Waals surface area contributed by atoms with Gasteiger partial charge in [0.25, 0.3) is 5.91 Å². The highest BCUT2D eigenvalue weighted by molar-refractivity contribution is 6.30. The lowest BCUT2D eigenvalue weighted by molar-refractivity contribution is -0.135. The second kappa shape index (κ2) is 9.28. The van der Waals surface area contributed by atoms with Crippen molar-refractivity contribution in [3.63, 3.8) is 0 Å². The molecule has 2 amide bonds. The fourth-order valence-electron chi connectivity index (χ4n) is 3.68. The van der Waals surface area contributed by atoms with Crippen LogP contribution in [0.3, 0.4) is 0 Å². The van der Waals surface area contributed by atoms with Crippen LogP contribution in [-0.4, -0.2) is 40.4 Å². The van der Waals surface area contributed by atoms with Crippen molar-refractivity contribution in [1.82, 2.24) is 14.8 Å². The minimum Gasteiger partial charge on any atom is -0.351 e. The third kappa shape index (κ3) is 4.76. The standard InChI is InChI=1S/C22H28ClN3O2/c1-3-16(2)20(24-21(27)17-6-8-18(23)9-7-17)22(28)26-14-10-19(11-15-26)25-12-4-5-13-25/h4-9,12-13,16,19-20H,3,10-11,14-15H2,1-2H3,(H,24,27). The largest absolute Gasteiger partial charge is 0.351 e. The Labute approximate surface area is 171 Å². The van der Waals surface area contributed by atoms with E-state index in [0.29, 0.717) is 29.7 Å². The summed E-state index contributed by atoms with van der Waals surface area (Å²) in [7, 11) is 0. The summed E-state index contributed by atoms with van der Waals surface area (Å²) in [5.41, 5.74) is 0.511. The van der Waals surface area contributed by atoms with Crippen molar-refractivity contribution in [2.24, 2.45) is 5.92 Å². The fourth-order valence-corrected chi connectivity index (χ4v) is 3.81. The zero-order valence-electron chi connectivity index (χ0n) is 16.5. The van der Waals surface area contributed by atoms with E-state index >= 15 is 0 Å². The highest BCUT2D eigenvalue weighted by Crippen LogP contribution is 2.24. The predicted octanol–water partition coefficient (Wildman–Crippen LogP) is 4.15. The number of likely N-dealkylation sites (tertiary alicyclic amines) is 1. The van der Waals surface area contributed by atoms with E-state index in [9.17, 15) is 9.59 Å². The second-order valence-corrected chi connectivity index (χ2v) is 7.97. The van der Waals surface area contributed by atoms with Gasteiger partial charge in [0, 0.05) is 42.1 Å². The number of piperidine rings is 1. The molecule has 2 heterocycles. The monoisotopic (exact) mass is 401 g/mol. The van der Waals surface area contributed by atoms with Crippen LogP contribution in [0.25, 0.3) is 0 Å². The van der Waals surface area contributed by atoms with Crippen LogP contribution in [0, 0.1) is 5.92 Å². The number of carbonyl (C=O) groups is 2. The molecule has 6 heteroatoms. The normalized spacial score (nSPS) is 17.2. The molecule has 0 saturated carbocycles. The quantitative estimate of drug-likeness (QED) is 0.790. The number of nitrogens with one attached hydrogen (secondary N) is 1. The molecule has 1 aliphatic heterocycles. The van der Waals surface area contributed by atoms with E-state index in [4.69, 9.17) is 11.6 Å². The molecule has 0 spiro atoms. The molecule has 0 bridgehead atoms. The van der Waals surface area contributed by atoms with Gasteiger partial charge in [-0.1, -0.05) is 31.9 Å². The molecule has 0 aliphatic carbocycles. The molecule has 1 N–H and O–H groups in total. The Morgan fingerprint density at radius 2 is 1.75 bits per heavy atom. The zero-order chi connectivity index (χ0) is 20.1. The molecular weight excluding hydrogens is 374 g/mol. The number of benzene rings is 1. The van der Waals surface area contributed by atoms with Crippen LogP contribution < -0.4 is 5.32 Å². The number of nitrogens with zero attached hydrogens (tertiary/aromatic N) is 2. The number of hydrogen-bond acceptors (Lipinski definition) is 2. The summed E-state index contributed by atoms with van der Waals surface area (Å²) in [5.74, 6) is -0.161. The molecule has 5 nitrogen and oxygen atoms in total. The lowest BCUT2D eigenvalue weighted by atomic mass is 9.95. The molecule has 1 aromatic carbocycles. The molecule has 2 aromatic rings. The van der Waals surface area contributed by atoms with Crippen molar-refractivity contribution in [2.45, 2.75) is 45.2 Å². The van der Waals surface area contributed by atoms with Gasteiger partial charge in [-0.25, -0.2) is 0 Å². The van der Waals surface area contributed by atoms with Gasteiger partial charge < -0.3 is 14.8 Å². The topological polar surface area (TPSA) is 54.3 Å². The van der Waals surface area contributed by atoms with Crippen LogP contribution >= 0.6 is 11.6 Å². The van der Waals surface area contributed by atoms with Gasteiger partial charge >= 0.3 is 0 Å². The summed E-state index contributed by atoms with van der Waals surface area (Å²) in [6.07, 6.45) is 6.83. The lowest BCUT2D eigenvalue weighted by Crippen LogP contribution is -2.53. The predicted molar refractivity (Wildman–Crippen MR) is 111 cm³/mol. The van der Waals surface area contributed by atoms with Gasteiger partial charge in [0.2, 0.25) is 5.91 Å². The van der Waals surface area contributed by atoms with E-state index < -0.39 is 6.04 Å². The summed E-state index contributed by atoms with van der Waals surface area (Å²) in [5, 5.41) is 3.54. The van der Waals surface area contributed by atoms with Gasteiger partial charge in [-0.05, 0) is 55.2 Å². The Bertz CT molecular complexity index is 781. The summed E-state index contributed by atoms with van der Waals surface area (Å²) >= 11 is 5.90. The minimum atomic E-state index is -0.517. The van der Waals surface area contributed by atoms with E-state index in [1.54, 1.807) is 24.3 Å². The first kappa shape index (κ1) is 20.5. The number of amides is 2. The molecule has 1 fully saturated rings. The Kier molecular flexibility index (Phi) is 6.79. The Hall–Kier alpha value is -2.27. The molecule has 3 rings (SSSR count). The molecule has 0 radical (unpaired) electrons. The van der Waals surface area contributed by atoms with Crippen molar-refractivity contribution in [3.05, 3.63) is 59.4 Å². The number of halogens is 1. The third-order valence-corrected chi connectivity index (χ3v) is 5.95. The van der Waals surface area contributed by atoms with Gasteiger partial charge in [-0.2, -0.15) is 0 Å². The van der Waals surface area contributed by atoms with Gasteiger partial charge in [0.1, 0.15) is 6.04 Å². The lowest BCUT2D eigenvalue weighted by Gasteiger charge is -2.36. The molecule has 150 valence electrons. The van der Waals surface area contributed by atoms with E-state index in [-0.39, 0.29) is 17.7 Å². The molecule has 1 saturated heterocycles. The molecule has 1 aliphatic rings. The van der Waals surface area contributed by atoms with Crippen LogP contribution in [0.5, 0.6) is 0 Å². The highest BCUT2D eigenvalue weighted by atomic mass is 35.5. The van der Waals surface area contributed by atoms with Crippen LogP contribution in [0.15, 0.2) is 48.8 Å². The first-order chi connectivity index (χ1) is 13.5. The molecule has 2 unspecified atom stereocenters. The summed E-state index contributed by atoms with van der Waals surface area (Å²) in [4.78, 5) is 27.8.